The second kappa shape index (κ2) is 2.87. The van der Waals surface area contributed by atoms with E-state index < -0.39 is 0 Å². The maximum absolute atomic E-state index is 8.49. The number of hydrogen-bond acceptors (Lipinski definition) is 2. The molecule has 0 atom stereocenters. The molecule has 0 saturated heterocycles. The van der Waals surface area contributed by atoms with Gasteiger partial charge in [-0.25, -0.2) is 4.98 Å². The summed E-state index contributed by atoms with van der Waals surface area (Å²) in [6, 6.07) is 5.96. The topological polar surface area (TPSA) is 66.6 Å². The van der Waals surface area contributed by atoms with Crippen molar-refractivity contribution < 1.29 is 4.98 Å². The van der Waals surface area contributed by atoms with Crippen molar-refractivity contribution in [2.24, 2.45) is 0 Å². The van der Waals surface area contributed by atoms with Gasteiger partial charge in [0, 0.05) is 0 Å². The molecule has 0 bridgehead atoms. The first kappa shape index (κ1) is 7.74. The number of aryl methyl sites for hydroxylation is 1. The summed E-state index contributed by atoms with van der Waals surface area (Å²) in [6.07, 6.45) is 0.357. The third-order valence-corrected chi connectivity index (χ3v) is 1.85. The van der Waals surface area contributed by atoms with Crippen LogP contribution in [0.25, 0.3) is 11.2 Å². The monoisotopic (exact) mass is 173 g/mol. The maximum atomic E-state index is 8.49. The number of aromatic nitrogens is 3. The van der Waals surface area contributed by atoms with Crippen LogP contribution in [0, 0.1) is 18.3 Å². The van der Waals surface area contributed by atoms with E-state index in [0.29, 0.717) is 6.42 Å². The van der Waals surface area contributed by atoms with Crippen LogP contribution < -0.4 is 4.98 Å². The zero-order chi connectivity index (χ0) is 9.26. The molecular weight excluding hydrogens is 164 g/mol. The van der Waals surface area contributed by atoms with E-state index >= 15 is 0 Å². The fraction of sp³-hybridized carbons (Fsp3) is 0.222. The van der Waals surface area contributed by atoms with Crippen molar-refractivity contribution in [2.75, 3.05) is 0 Å². The van der Waals surface area contributed by atoms with Gasteiger partial charge in [-0.05, 0) is 19.1 Å². The van der Waals surface area contributed by atoms with E-state index in [9.17, 15) is 0 Å². The SMILES string of the molecule is Cc1ccc2[nH]c(CC#N)[nH+]c2n1. The third kappa shape index (κ3) is 1.36. The minimum absolute atomic E-state index is 0.357. The van der Waals surface area contributed by atoms with Crippen LogP contribution in [0.15, 0.2) is 12.1 Å². The number of nitriles is 1. The highest BCUT2D eigenvalue weighted by Crippen LogP contribution is 2.05. The Morgan fingerprint density at radius 1 is 1.62 bits per heavy atom. The molecule has 4 heteroatoms. The molecule has 2 N–H and O–H groups in total. The Labute approximate surface area is 75.2 Å². The molecule has 13 heavy (non-hydrogen) atoms. The van der Waals surface area contributed by atoms with E-state index in [1.165, 1.54) is 0 Å². The maximum Gasteiger partial charge on any atom is 0.299 e. The summed E-state index contributed by atoms with van der Waals surface area (Å²) < 4.78 is 0. The lowest BCUT2D eigenvalue weighted by atomic mass is 10.3. The Hall–Kier alpha value is -1.89. The Balaban J connectivity index is 2.57. The second-order valence-corrected chi connectivity index (χ2v) is 2.91. The van der Waals surface area contributed by atoms with E-state index in [1.54, 1.807) is 0 Å². The van der Waals surface area contributed by atoms with E-state index in [1.807, 2.05) is 19.1 Å². The van der Waals surface area contributed by atoms with Crippen molar-refractivity contribution in [3.05, 3.63) is 23.7 Å². The number of aromatic amines is 2. The smallest absolute Gasteiger partial charge is 0.270 e. The highest BCUT2D eigenvalue weighted by molar-refractivity contribution is 5.66. The highest BCUT2D eigenvalue weighted by atomic mass is 15.0. The molecule has 0 spiro atoms. The lowest BCUT2D eigenvalue weighted by Gasteiger charge is -1.81. The van der Waals surface area contributed by atoms with Crippen molar-refractivity contribution in [3.63, 3.8) is 0 Å². The van der Waals surface area contributed by atoms with Gasteiger partial charge in [0.15, 0.2) is 5.52 Å². The molecule has 0 amide bonds. The van der Waals surface area contributed by atoms with Gasteiger partial charge in [-0.1, -0.05) is 0 Å². The number of hydrogen-bond donors (Lipinski definition) is 1. The van der Waals surface area contributed by atoms with E-state index in [0.717, 1.165) is 22.7 Å². The summed E-state index contributed by atoms with van der Waals surface area (Å²) in [4.78, 5) is 10.4. The molecular formula is C9H9N4+. The molecule has 0 unspecified atom stereocenters. The molecule has 2 aromatic heterocycles. The van der Waals surface area contributed by atoms with Gasteiger partial charge in [-0.2, -0.15) is 5.26 Å². The Morgan fingerprint density at radius 2 is 2.46 bits per heavy atom. The average molecular weight is 173 g/mol. The largest absolute Gasteiger partial charge is 0.299 e. The molecule has 2 heterocycles. The number of nitrogens with one attached hydrogen (secondary N) is 2. The molecule has 0 aliphatic carbocycles. The van der Waals surface area contributed by atoms with Crippen molar-refractivity contribution in [3.8, 4) is 6.07 Å². The van der Waals surface area contributed by atoms with Crippen LogP contribution in [0.3, 0.4) is 0 Å². The van der Waals surface area contributed by atoms with E-state index in [-0.39, 0.29) is 0 Å². The normalized spacial score (nSPS) is 10.2. The van der Waals surface area contributed by atoms with Gasteiger partial charge in [0.1, 0.15) is 12.1 Å². The van der Waals surface area contributed by atoms with Crippen LogP contribution in [0.4, 0.5) is 0 Å². The predicted molar refractivity (Wildman–Crippen MR) is 46.7 cm³/mol. The number of H-pyrrole nitrogens is 2. The predicted octanol–water partition coefficient (Wildman–Crippen LogP) is 0.751. The van der Waals surface area contributed by atoms with E-state index in [4.69, 9.17) is 5.26 Å². The van der Waals surface area contributed by atoms with E-state index in [2.05, 4.69) is 21.0 Å². The van der Waals surface area contributed by atoms with Gasteiger partial charge < -0.3 is 0 Å². The summed E-state index contributed by atoms with van der Waals surface area (Å²) in [5, 5.41) is 8.49. The number of rotatable bonds is 1. The first-order chi connectivity index (χ1) is 6.29. The van der Waals surface area contributed by atoms with Gasteiger partial charge in [0.25, 0.3) is 5.65 Å². The number of imidazole rings is 1. The van der Waals surface area contributed by atoms with Crippen LogP contribution in [-0.4, -0.2) is 9.97 Å². The van der Waals surface area contributed by atoms with Crippen LogP contribution in [0.1, 0.15) is 11.5 Å². The van der Waals surface area contributed by atoms with Crippen molar-refractivity contribution in [2.45, 2.75) is 13.3 Å². The Bertz CT molecular complexity index is 478. The minimum Gasteiger partial charge on any atom is -0.270 e. The Morgan fingerprint density at radius 3 is 3.23 bits per heavy atom. The lowest BCUT2D eigenvalue weighted by Crippen LogP contribution is -2.07. The molecule has 0 fully saturated rings. The lowest BCUT2D eigenvalue weighted by molar-refractivity contribution is -0.359. The summed E-state index contributed by atoms with van der Waals surface area (Å²) >= 11 is 0. The van der Waals surface area contributed by atoms with Crippen molar-refractivity contribution in [1.82, 2.24) is 9.97 Å². The highest BCUT2D eigenvalue weighted by Gasteiger charge is 2.09. The summed E-state index contributed by atoms with van der Waals surface area (Å²) in [5.41, 5.74) is 2.72. The Kier molecular flexibility index (Phi) is 1.71. The van der Waals surface area contributed by atoms with Crippen molar-refractivity contribution in [1.29, 1.82) is 5.26 Å². The molecule has 0 saturated carbocycles. The molecule has 0 aliphatic heterocycles. The molecule has 0 radical (unpaired) electrons. The zero-order valence-corrected chi connectivity index (χ0v) is 7.26. The first-order valence-electron chi connectivity index (χ1n) is 4.04. The summed E-state index contributed by atoms with van der Waals surface area (Å²) in [6.45, 7) is 1.93. The quantitative estimate of drug-likeness (QED) is 0.691. The molecule has 0 aliphatic rings. The molecule has 4 nitrogen and oxygen atoms in total. The number of nitrogens with zero attached hydrogens (tertiary/aromatic N) is 2. The van der Waals surface area contributed by atoms with Gasteiger partial charge in [0.05, 0.1) is 6.07 Å². The van der Waals surface area contributed by atoms with Crippen LogP contribution in [-0.2, 0) is 6.42 Å². The van der Waals surface area contributed by atoms with Gasteiger partial charge in [-0.3, -0.25) is 4.98 Å². The number of pyridine rings is 1. The summed E-state index contributed by atoms with van der Waals surface area (Å²) in [5.74, 6) is 0.801. The van der Waals surface area contributed by atoms with Crippen LogP contribution >= 0.6 is 0 Å². The fourth-order valence-electron chi connectivity index (χ4n) is 1.26. The fourth-order valence-corrected chi connectivity index (χ4v) is 1.26. The molecule has 2 aromatic rings. The molecule has 2 rings (SSSR count). The number of fused-ring (bicyclic) bond motifs is 1. The van der Waals surface area contributed by atoms with Gasteiger partial charge in [-0.15, -0.1) is 4.98 Å². The standard InChI is InChI=1S/C9H8N4/c1-6-2-3-7-9(11-6)13-8(12-7)4-5-10/h2-3H,4H2,1H3,(H,11,12,13)/p+1. The van der Waals surface area contributed by atoms with Gasteiger partial charge >= 0.3 is 0 Å². The first-order valence-corrected chi connectivity index (χ1v) is 4.04. The van der Waals surface area contributed by atoms with Crippen molar-refractivity contribution >= 4 is 11.2 Å². The van der Waals surface area contributed by atoms with Crippen LogP contribution in [0.2, 0.25) is 0 Å². The zero-order valence-electron chi connectivity index (χ0n) is 7.26. The summed E-state index contributed by atoms with van der Waals surface area (Å²) in [7, 11) is 0. The molecule has 0 aromatic carbocycles. The molecule has 64 valence electrons. The average Bonchev–Trinajstić information content (AvgIpc) is 2.46. The minimum atomic E-state index is 0.357. The van der Waals surface area contributed by atoms with Crippen LogP contribution in [0.5, 0.6) is 0 Å². The van der Waals surface area contributed by atoms with Gasteiger partial charge in [0.2, 0.25) is 5.82 Å². The second-order valence-electron chi connectivity index (χ2n) is 2.91. The third-order valence-electron chi connectivity index (χ3n) is 1.85.